The maximum Gasteiger partial charge on any atom is 0.263 e. The van der Waals surface area contributed by atoms with E-state index in [4.69, 9.17) is 11.6 Å². The van der Waals surface area contributed by atoms with Crippen LogP contribution in [-0.4, -0.2) is 32.4 Å². The number of hydrogen-bond donors (Lipinski definition) is 1. The Labute approximate surface area is 132 Å². The van der Waals surface area contributed by atoms with Crippen LogP contribution in [0.15, 0.2) is 34.7 Å². The number of benzene rings is 1. The molecule has 0 radical (unpaired) electrons. The quantitative estimate of drug-likeness (QED) is 0.847. The minimum atomic E-state index is -3.58. The Morgan fingerprint density at radius 1 is 1.43 bits per heavy atom. The van der Waals surface area contributed by atoms with Gasteiger partial charge in [0.05, 0.1) is 4.90 Å². The summed E-state index contributed by atoms with van der Waals surface area (Å²) in [7, 11) is -3.58. The molecule has 1 aromatic carbocycles. The summed E-state index contributed by atoms with van der Waals surface area (Å²) in [4.78, 5) is 6.38. The summed E-state index contributed by atoms with van der Waals surface area (Å²) in [6.07, 6.45) is 2.40. The van der Waals surface area contributed by atoms with Gasteiger partial charge in [0.2, 0.25) is 0 Å². The number of hydrogen-bond acceptors (Lipinski definition) is 5. The van der Waals surface area contributed by atoms with Gasteiger partial charge in [0.15, 0.2) is 5.13 Å². The molecule has 0 amide bonds. The fourth-order valence-corrected chi connectivity index (χ4v) is 4.44. The van der Waals surface area contributed by atoms with Crippen LogP contribution in [0.4, 0.5) is 10.8 Å². The second-order valence-corrected chi connectivity index (χ2v) is 7.61. The third-order valence-electron chi connectivity index (χ3n) is 3.36. The minimum Gasteiger partial charge on any atom is -0.370 e. The first kappa shape index (κ1) is 14.6. The zero-order valence-electron chi connectivity index (χ0n) is 11.1. The van der Waals surface area contributed by atoms with E-state index in [9.17, 15) is 8.42 Å². The van der Waals surface area contributed by atoms with Gasteiger partial charge in [-0.05, 0) is 30.2 Å². The lowest BCUT2D eigenvalue weighted by Crippen LogP contribution is -2.22. The standard InChI is InChI=1S/C13H14ClN3O2S2/c14-4-7-17-6-3-10-9-11(1-2-12(10)17)21(18,19)16-13-15-5-8-20-13/h1-2,5,8-9H,3-4,6-7H2,(H,15,16). The predicted octanol–water partition coefficient (Wildman–Crippen LogP) is 2.55. The molecular weight excluding hydrogens is 330 g/mol. The van der Waals surface area contributed by atoms with Crippen molar-refractivity contribution in [1.29, 1.82) is 0 Å². The highest BCUT2D eigenvalue weighted by atomic mass is 35.5. The van der Waals surface area contributed by atoms with E-state index in [1.807, 2.05) is 6.07 Å². The lowest BCUT2D eigenvalue weighted by atomic mass is 10.2. The maximum atomic E-state index is 12.3. The van der Waals surface area contributed by atoms with Gasteiger partial charge in [0, 0.05) is 36.2 Å². The highest BCUT2D eigenvalue weighted by Gasteiger charge is 2.22. The van der Waals surface area contributed by atoms with Crippen LogP contribution in [0.25, 0.3) is 0 Å². The maximum absolute atomic E-state index is 12.3. The average Bonchev–Trinajstić information content (AvgIpc) is 3.08. The summed E-state index contributed by atoms with van der Waals surface area (Å²) in [5.41, 5.74) is 2.12. The van der Waals surface area contributed by atoms with Gasteiger partial charge in [-0.3, -0.25) is 4.72 Å². The highest BCUT2D eigenvalue weighted by molar-refractivity contribution is 7.93. The average molecular weight is 344 g/mol. The summed E-state index contributed by atoms with van der Waals surface area (Å²) < 4.78 is 27.1. The Morgan fingerprint density at radius 2 is 2.29 bits per heavy atom. The molecule has 2 aromatic rings. The van der Waals surface area contributed by atoms with E-state index in [0.29, 0.717) is 11.0 Å². The van der Waals surface area contributed by atoms with Crippen molar-refractivity contribution >= 4 is 43.8 Å². The Kier molecular flexibility index (Phi) is 4.05. The SMILES string of the molecule is O=S(=O)(Nc1nccs1)c1ccc2c(c1)CCN2CCCl. The molecule has 21 heavy (non-hydrogen) atoms. The monoisotopic (exact) mass is 343 g/mol. The molecule has 2 heterocycles. The molecule has 0 saturated carbocycles. The molecule has 0 unspecified atom stereocenters. The van der Waals surface area contributed by atoms with Crippen LogP contribution in [0.2, 0.25) is 0 Å². The molecule has 0 fully saturated rings. The van der Waals surface area contributed by atoms with Crippen molar-refractivity contribution in [1.82, 2.24) is 4.98 Å². The third-order valence-corrected chi connectivity index (χ3v) is 5.68. The molecule has 1 aromatic heterocycles. The van der Waals surface area contributed by atoms with Gasteiger partial charge in [0.1, 0.15) is 0 Å². The van der Waals surface area contributed by atoms with Crippen molar-refractivity contribution < 1.29 is 8.42 Å². The molecule has 5 nitrogen and oxygen atoms in total. The molecule has 0 atom stereocenters. The number of rotatable bonds is 5. The van der Waals surface area contributed by atoms with Gasteiger partial charge >= 0.3 is 0 Å². The van der Waals surface area contributed by atoms with Crippen molar-refractivity contribution in [2.45, 2.75) is 11.3 Å². The van der Waals surface area contributed by atoms with Gasteiger partial charge in [-0.1, -0.05) is 0 Å². The van der Waals surface area contributed by atoms with Gasteiger partial charge in [-0.15, -0.1) is 22.9 Å². The van der Waals surface area contributed by atoms with Crippen LogP contribution >= 0.6 is 22.9 Å². The zero-order chi connectivity index (χ0) is 14.9. The van der Waals surface area contributed by atoms with Gasteiger partial charge < -0.3 is 4.90 Å². The molecule has 1 aliphatic rings. The number of halogens is 1. The Bertz CT molecular complexity index is 732. The first-order valence-electron chi connectivity index (χ1n) is 6.46. The largest absolute Gasteiger partial charge is 0.370 e. The number of nitrogens with one attached hydrogen (secondary N) is 1. The van der Waals surface area contributed by atoms with E-state index in [2.05, 4.69) is 14.6 Å². The molecule has 112 valence electrons. The van der Waals surface area contributed by atoms with Crippen molar-refractivity contribution in [2.24, 2.45) is 0 Å². The molecule has 0 bridgehead atoms. The van der Waals surface area contributed by atoms with Crippen LogP contribution in [-0.2, 0) is 16.4 Å². The van der Waals surface area contributed by atoms with Crippen molar-refractivity contribution in [2.75, 3.05) is 28.6 Å². The number of anilines is 2. The lowest BCUT2D eigenvalue weighted by molar-refractivity contribution is 0.601. The van der Waals surface area contributed by atoms with E-state index >= 15 is 0 Å². The van der Waals surface area contributed by atoms with E-state index in [1.54, 1.807) is 23.7 Å². The summed E-state index contributed by atoms with van der Waals surface area (Å²) in [5, 5.41) is 2.10. The topological polar surface area (TPSA) is 62.3 Å². The van der Waals surface area contributed by atoms with Crippen LogP contribution < -0.4 is 9.62 Å². The molecule has 0 aliphatic carbocycles. The predicted molar refractivity (Wildman–Crippen MR) is 86.0 cm³/mol. The molecule has 0 spiro atoms. The van der Waals surface area contributed by atoms with E-state index in [-0.39, 0.29) is 4.90 Å². The number of thiazole rings is 1. The fraction of sp³-hybridized carbons (Fsp3) is 0.308. The number of nitrogens with zero attached hydrogens (tertiary/aromatic N) is 2. The Balaban J connectivity index is 1.87. The number of sulfonamides is 1. The van der Waals surface area contributed by atoms with Crippen molar-refractivity contribution in [3.8, 4) is 0 Å². The fourth-order valence-electron chi connectivity index (χ4n) is 2.40. The van der Waals surface area contributed by atoms with Crippen LogP contribution in [0.3, 0.4) is 0 Å². The van der Waals surface area contributed by atoms with Gasteiger partial charge in [-0.25, -0.2) is 13.4 Å². The molecular formula is C13H14ClN3O2S2. The second kappa shape index (κ2) is 5.82. The first-order chi connectivity index (χ1) is 10.1. The molecule has 0 saturated heterocycles. The summed E-state index contributed by atoms with van der Waals surface area (Å²) in [6, 6.07) is 5.21. The Hall–Kier alpha value is -1.31. The number of aromatic nitrogens is 1. The molecule has 1 N–H and O–H groups in total. The van der Waals surface area contributed by atoms with Gasteiger partial charge in [-0.2, -0.15) is 0 Å². The van der Waals surface area contributed by atoms with Crippen LogP contribution in [0.5, 0.6) is 0 Å². The van der Waals surface area contributed by atoms with E-state index < -0.39 is 10.0 Å². The summed E-state index contributed by atoms with van der Waals surface area (Å²) in [5.74, 6) is 0.561. The molecule has 3 rings (SSSR count). The van der Waals surface area contributed by atoms with Crippen LogP contribution in [0, 0.1) is 0 Å². The zero-order valence-corrected chi connectivity index (χ0v) is 13.5. The second-order valence-electron chi connectivity index (χ2n) is 4.66. The summed E-state index contributed by atoms with van der Waals surface area (Å²) in [6.45, 7) is 1.66. The highest BCUT2D eigenvalue weighted by Crippen LogP contribution is 2.30. The molecule has 1 aliphatic heterocycles. The first-order valence-corrected chi connectivity index (χ1v) is 9.36. The number of fused-ring (bicyclic) bond motifs is 1. The smallest absolute Gasteiger partial charge is 0.263 e. The minimum absolute atomic E-state index is 0.268. The van der Waals surface area contributed by atoms with Gasteiger partial charge in [0.25, 0.3) is 10.0 Å². The van der Waals surface area contributed by atoms with Crippen molar-refractivity contribution in [3.05, 3.63) is 35.3 Å². The normalized spacial score (nSPS) is 14.2. The molecule has 8 heteroatoms. The van der Waals surface area contributed by atoms with E-state index in [1.165, 1.54) is 11.3 Å². The third kappa shape index (κ3) is 3.00. The Morgan fingerprint density at radius 3 is 3.00 bits per heavy atom. The van der Waals surface area contributed by atoms with Crippen LogP contribution in [0.1, 0.15) is 5.56 Å². The summed E-state index contributed by atoms with van der Waals surface area (Å²) >= 11 is 7.03. The van der Waals surface area contributed by atoms with Crippen molar-refractivity contribution in [3.63, 3.8) is 0 Å². The lowest BCUT2D eigenvalue weighted by Gasteiger charge is -2.17. The van der Waals surface area contributed by atoms with E-state index in [0.717, 1.165) is 30.8 Å². The number of alkyl halides is 1.